The van der Waals surface area contributed by atoms with Gasteiger partial charge in [0.05, 0.1) is 0 Å². The second-order valence-electron chi connectivity index (χ2n) is 9.11. The summed E-state index contributed by atoms with van der Waals surface area (Å²) in [5.74, 6) is -4.56. The zero-order valence-corrected chi connectivity index (χ0v) is 17.3. The number of ether oxygens (including phenoxy) is 1. The molecule has 2 aliphatic rings. The molecular weight excluding hydrogens is 401 g/mol. The second-order valence-corrected chi connectivity index (χ2v) is 9.11. The van der Waals surface area contributed by atoms with Crippen LogP contribution in [0.4, 0.5) is 18.0 Å². The molecule has 0 spiro atoms. The van der Waals surface area contributed by atoms with Gasteiger partial charge in [-0.05, 0) is 58.4 Å². The average Bonchev–Trinajstić information content (AvgIpc) is 2.84. The number of carboxylic acids is 1. The largest absolute Gasteiger partial charge is 0.480 e. The van der Waals surface area contributed by atoms with Crippen LogP contribution in [-0.4, -0.2) is 45.8 Å². The van der Waals surface area contributed by atoms with Crippen LogP contribution in [0, 0.1) is 23.4 Å². The summed E-state index contributed by atoms with van der Waals surface area (Å²) in [6, 6.07) is 0.280. The number of fused-ring (bicyclic) bond motifs is 2. The fourth-order valence-electron chi connectivity index (χ4n) is 4.54. The quantitative estimate of drug-likeness (QED) is 0.697. The molecule has 9 heteroatoms. The lowest BCUT2D eigenvalue weighted by molar-refractivity contribution is -0.141. The van der Waals surface area contributed by atoms with Crippen molar-refractivity contribution in [1.82, 2.24) is 10.2 Å². The Hall–Kier alpha value is -2.29. The summed E-state index contributed by atoms with van der Waals surface area (Å²) >= 11 is 0. The minimum Gasteiger partial charge on any atom is -0.480 e. The van der Waals surface area contributed by atoms with E-state index in [1.165, 1.54) is 0 Å². The maximum atomic E-state index is 14.1. The average molecular weight is 428 g/mol. The Morgan fingerprint density at radius 1 is 1.13 bits per heavy atom. The highest BCUT2D eigenvalue weighted by molar-refractivity contribution is 5.80. The molecule has 2 saturated heterocycles. The summed E-state index contributed by atoms with van der Waals surface area (Å²) in [5.41, 5.74) is -0.671. The predicted molar refractivity (Wildman–Crippen MR) is 102 cm³/mol. The van der Waals surface area contributed by atoms with Gasteiger partial charge in [0.1, 0.15) is 17.5 Å². The highest BCUT2D eigenvalue weighted by Gasteiger charge is 2.45. The number of hydrogen-bond donors (Lipinski definition) is 2. The monoisotopic (exact) mass is 428 g/mol. The van der Waals surface area contributed by atoms with E-state index in [4.69, 9.17) is 4.74 Å². The molecule has 2 unspecified atom stereocenters. The Morgan fingerprint density at radius 2 is 1.70 bits per heavy atom. The first kappa shape index (κ1) is 22.4. The van der Waals surface area contributed by atoms with Crippen LogP contribution in [0.2, 0.25) is 0 Å². The van der Waals surface area contributed by atoms with Gasteiger partial charge in [0, 0.05) is 30.3 Å². The molecule has 2 N–H and O–H groups in total. The molecule has 6 nitrogen and oxygen atoms in total. The maximum absolute atomic E-state index is 14.1. The number of alkyl carbamates (subject to hydrolysis) is 1. The lowest BCUT2D eigenvalue weighted by Crippen LogP contribution is -2.53. The predicted octanol–water partition coefficient (Wildman–Crippen LogP) is 3.82. The van der Waals surface area contributed by atoms with Gasteiger partial charge in [0.2, 0.25) is 0 Å². The van der Waals surface area contributed by atoms with Crippen LogP contribution in [0.25, 0.3) is 0 Å². The van der Waals surface area contributed by atoms with Gasteiger partial charge in [-0.15, -0.1) is 0 Å². The molecule has 0 aromatic heterocycles. The Bertz CT molecular complexity index is 813. The molecular formula is C21H27F3N2O4. The zero-order chi connectivity index (χ0) is 22.2. The van der Waals surface area contributed by atoms with Crippen LogP contribution in [0.15, 0.2) is 12.1 Å². The van der Waals surface area contributed by atoms with Gasteiger partial charge in [-0.2, -0.15) is 0 Å². The van der Waals surface area contributed by atoms with E-state index >= 15 is 0 Å². The summed E-state index contributed by atoms with van der Waals surface area (Å²) in [7, 11) is 0. The zero-order valence-electron chi connectivity index (χ0n) is 17.3. The number of aliphatic carboxylic acids is 1. The molecule has 30 heavy (non-hydrogen) atoms. The van der Waals surface area contributed by atoms with Gasteiger partial charge in [-0.25, -0.2) is 22.8 Å². The van der Waals surface area contributed by atoms with Crippen LogP contribution >= 0.6 is 0 Å². The van der Waals surface area contributed by atoms with Crippen LogP contribution in [-0.2, 0) is 16.1 Å². The van der Waals surface area contributed by atoms with Crippen LogP contribution < -0.4 is 5.32 Å². The first-order valence-corrected chi connectivity index (χ1v) is 10.1. The summed E-state index contributed by atoms with van der Waals surface area (Å²) in [6.07, 6.45) is 1.80. The van der Waals surface area contributed by atoms with E-state index in [0.717, 1.165) is 18.9 Å². The van der Waals surface area contributed by atoms with E-state index in [2.05, 4.69) is 5.32 Å². The van der Waals surface area contributed by atoms with Gasteiger partial charge >= 0.3 is 12.1 Å². The van der Waals surface area contributed by atoms with Gasteiger partial charge in [0.15, 0.2) is 11.6 Å². The number of carbonyl (C=O) groups is 2. The van der Waals surface area contributed by atoms with Crippen molar-refractivity contribution in [3.63, 3.8) is 0 Å². The Balaban J connectivity index is 1.69. The third kappa shape index (κ3) is 5.06. The van der Waals surface area contributed by atoms with Crippen molar-refractivity contribution in [3.05, 3.63) is 35.1 Å². The SMILES string of the molecule is CC(C)(C)OC(=O)N[C@H](C(=O)O)C1CC2CCC(C1)N2Cc1cc(F)c(F)cc1F. The van der Waals surface area contributed by atoms with E-state index in [0.29, 0.717) is 18.9 Å². The molecule has 1 aromatic rings. The first-order chi connectivity index (χ1) is 13.9. The van der Waals surface area contributed by atoms with E-state index in [-0.39, 0.29) is 30.1 Å². The van der Waals surface area contributed by atoms with Crippen LogP contribution in [0.5, 0.6) is 0 Å². The topological polar surface area (TPSA) is 78.9 Å². The number of piperidine rings is 1. The van der Waals surface area contributed by atoms with Gasteiger partial charge in [-0.3, -0.25) is 4.90 Å². The van der Waals surface area contributed by atoms with Crippen molar-refractivity contribution in [1.29, 1.82) is 0 Å². The second kappa shape index (κ2) is 8.45. The Labute approximate surface area is 173 Å². The summed E-state index contributed by atoms with van der Waals surface area (Å²) < 4.78 is 46.0. The fraction of sp³-hybridized carbons (Fsp3) is 0.619. The molecule has 2 fully saturated rings. The van der Waals surface area contributed by atoms with Gasteiger partial charge < -0.3 is 15.2 Å². The number of carbonyl (C=O) groups excluding carboxylic acids is 1. The Morgan fingerprint density at radius 3 is 2.23 bits per heavy atom. The van der Waals surface area contributed by atoms with Gasteiger partial charge in [0.25, 0.3) is 0 Å². The first-order valence-electron chi connectivity index (χ1n) is 10.1. The molecule has 0 aliphatic carbocycles. The van der Waals surface area contributed by atoms with E-state index < -0.39 is 41.2 Å². The van der Waals surface area contributed by atoms with Crippen molar-refractivity contribution >= 4 is 12.1 Å². The summed E-state index contributed by atoms with van der Waals surface area (Å²) in [4.78, 5) is 25.9. The molecule has 1 amide bonds. The Kier molecular flexibility index (Phi) is 6.31. The third-order valence-corrected chi connectivity index (χ3v) is 5.77. The molecule has 1 aromatic carbocycles. The molecule has 3 atom stereocenters. The number of carboxylic acid groups (broad SMARTS) is 1. The minimum absolute atomic E-state index is 0.0245. The minimum atomic E-state index is -1.23. The molecule has 2 aliphatic heterocycles. The summed E-state index contributed by atoms with van der Waals surface area (Å²) in [5, 5.41) is 12.1. The third-order valence-electron chi connectivity index (χ3n) is 5.77. The van der Waals surface area contributed by atoms with E-state index in [9.17, 15) is 27.9 Å². The van der Waals surface area contributed by atoms with E-state index in [1.807, 2.05) is 4.90 Å². The normalized spacial score (nSPS) is 25.1. The number of halogens is 3. The fourth-order valence-corrected chi connectivity index (χ4v) is 4.54. The highest BCUT2D eigenvalue weighted by atomic mass is 19.2. The number of hydrogen-bond acceptors (Lipinski definition) is 4. The number of nitrogens with one attached hydrogen (secondary N) is 1. The lowest BCUT2D eigenvalue weighted by atomic mass is 9.84. The molecule has 2 heterocycles. The molecule has 3 rings (SSSR count). The standard InChI is InChI=1S/C21H27F3N2O4/c1-21(2,3)30-20(29)25-18(19(27)28)11-6-13-4-5-14(7-11)26(13)10-12-8-16(23)17(24)9-15(12)22/h8-9,11,13-14,18H,4-7,10H2,1-3H3,(H,25,29)(H,27,28)/t11?,13?,14?,18-/m0/s1. The van der Waals surface area contributed by atoms with Crippen LogP contribution in [0.1, 0.15) is 52.0 Å². The van der Waals surface area contributed by atoms with Crippen molar-refractivity contribution in [2.24, 2.45) is 5.92 Å². The number of benzene rings is 1. The molecule has 0 saturated carbocycles. The smallest absolute Gasteiger partial charge is 0.408 e. The summed E-state index contributed by atoms with van der Waals surface area (Å²) in [6.45, 7) is 5.21. The van der Waals surface area contributed by atoms with Crippen molar-refractivity contribution < 1.29 is 32.6 Å². The van der Waals surface area contributed by atoms with E-state index in [1.54, 1.807) is 20.8 Å². The van der Waals surface area contributed by atoms with Crippen molar-refractivity contribution in [2.75, 3.05) is 0 Å². The van der Waals surface area contributed by atoms with Gasteiger partial charge in [-0.1, -0.05) is 0 Å². The van der Waals surface area contributed by atoms with Crippen molar-refractivity contribution in [3.8, 4) is 0 Å². The lowest BCUT2D eigenvalue weighted by Gasteiger charge is -2.41. The van der Waals surface area contributed by atoms with Crippen LogP contribution in [0.3, 0.4) is 0 Å². The molecule has 166 valence electrons. The molecule has 2 bridgehead atoms. The number of rotatable bonds is 5. The number of amides is 1. The number of nitrogens with zero attached hydrogens (tertiary/aromatic N) is 1. The highest BCUT2D eigenvalue weighted by Crippen LogP contribution is 2.41. The maximum Gasteiger partial charge on any atom is 0.408 e. The molecule has 0 radical (unpaired) electrons. The van der Waals surface area contributed by atoms with Crippen molar-refractivity contribution in [2.45, 2.75) is 76.7 Å².